The van der Waals surface area contributed by atoms with Crippen LogP contribution in [0.1, 0.15) is 34.4 Å². The maximum absolute atomic E-state index is 12.5. The summed E-state index contributed by atoms with van der Waals surface area (Å²) in [5.74, 6) is -0.240. The maximum Gasteiger partial charge on any atom is 0.271 e. The van der Waals surface area contributed by atoms with Gasteiger partial charge in [-0.1, -0.05) is 29.8 Å². The molecule has 0 atom stereocenters. The average molecular weight is 358 g/mol. The number of hydrogen-bond acceptors (Lipinski definition) is 3. The average Bonchev–Trinajstić information content (AvgIpc) is 3.13. The molecule has 130 valence electrons. The number of carbonyl (C=O) groups excluding carboxylic acids is 1. The molecule has 1 N–H and O–H groups in total. The molecule has 0 unspecified atom stereocenters. The summed E-state index contributed by atoms with van der Waals surface area (Å²) in [5, 5.41) is 12.0. The van der Waals surface area contributed by atoms with Gasteiger partial charge in [0.1, 0.15) is 5.69 Å². The van der Waals surface area contributed by atoms with E-state index in [4.69, 9.17) is 11.6 Å². The van der Waals surface area contributed by atoms with E-state index in [2.05, 4.69) is 15.5 Å². The van der Waals surface area contributed by atoms with Crippen LogP contribution in [0.5, 0.6) is 0 Å². The van der Waals surface area contributed by atoms with Gasteiger partial charge >= 0.3 is 0 Å². The summed E-state index contributed by atoms with van der Waals surface area (Å²) in [5.41, 5.74) is 4.26. The van der Waals surface area contributed by atoms with E-state index in [0.717, 1.165) is 22.6 Å². The Kier molecular flexibility index (Phi) is 4.90. The molecule has 25 heavy (non-hydrogen) atoms. The minimum absolute atomic E-state index is 0.240. The van der Waals surface area contributed by atoms with Crippen LogP contribution in [0.3, 0.4) is 0 Å². The second-order valence-electron chi connectivity index (χ2n) is 5.74. The van der Waals surface area contributed by atoms with Gasteiger partial charge in [-0.25, -0.2) is 4.68 Å². The number of nitrogens with zero attached hydrogens (tertiary/aromatic N) is 4. The van der Waals surface area contributed by atoms with E-state index >= 15 is 0 Å². The summed E-state index contributed by atoms with van der Waals surface area (Å²) < 4.78 is 3.48. The lowest BCUT2D eigenvalue weighted by molar-refractivity contribution is 0.0940. The number of amides is 1. The fourth-order valence-corrected chi connectivity index (χ4v) is 3.06. The number of aryl methyl sites for hydroxylation is 2. The van der Waals surface area contributed by atoms with Crippen molar-refractivity contribution in [1.82, 2.24) is 24.9 Å². The Balaban J connectivity index is 1.81. The molecule has 0 aliphatic carbocycles. The van der Waals surface area contributed by atoms with Gasteiger partial charge in [-0.2, -0.15) is 10.2 Å². The minimum atomic E-state index is -0.240. The first kappa shape index (κ1) is 17.2. The van der Waals surface area contributed by atoms with Crippen molar-refractivity contribution >= 4 is 17.5 Å². The Morgan fingerprint density at radius 3 is 2.64 bits per heavy atom. The van der Waals surface area contributed by atoms with Crippen LogP contribution in [-0.4, -0.2) is 25.5 Å². The predicted octanol–water partition coefficient (Wildman–Crippen LogP) is 3.29. The Bertz CT molecular complexity index is 898. The van der Waals surface area contributed by atoms with Crippen LogP contribution in [0.4, 0.5) is 0 Å². The number of hydrogen-bond donors (Lipinski definition) is 1. The van der Waals surface area contributed by atoms with Crippen LogP contribution < -0.4 is 5.32 Å². The lowest BCUT2D eigenvalue weighted by atomic mass is 10.2. The summed E-state index contributed by atoms with van der Waals surface area (Å²) in [6, 6.07) is 9.92. The fourth-order valence-electron chi connectivity index (χ4n) is 2.83. The maximum atomic E-state index is 12.5. The minimum Gasteiger partial charge on any atom is -0.346 e. The smallest absolute Gasteiger partial charge is 0.271 e. The molecule has 3 rings (SSSR count). The van der Waals surface area contributed by atoms with Crippen molar-refractivity contribution in [2.24, 2.45) is 0 Å². The molecule has 0 aliphatic heterocycles. The summed E-state index contributed by atoms with van der Waals surface area (Å²) in [6.07, 6.45) is 1.49. The summed E-state index contributed by atoms with van der Waals surface area (Å²) in [7, 11) is 0. The van der Waals surface area contributed by atoms with Crippen molar-refractivity contribution < 1.29 is 4.79 Å². The van der Waals surface area contributed by atoms with Crippen LogP contribution in [0.2, 0.25) is 5.02 Å². The zero-order valence-electron chi connectivity index (χ0n) is 14.5. The lowest BCUT2D eigenvalue weighted by Crippen LogP contribution is -2.26. The van der Waals surface area contributed by atoms with Gasteiger partial charge in [0.05, 0.1) is 22.6 Å². The fraction of sp³-hybridized carbons (Fsp3) is 0.278. The van der Waals surface area contributed by atoms with Crippen LogP contribution in [-0.2, 0) is 13.1 Å². The number of aromatic nitrogens is 4. The second kappa shape index (κ2) is 7.11. The van der Waals surface area contributed by atoms with E-state index in [1.807, 2.05) is 55.8 Å². The molecule has 2 heterocycles. The van der Waals surface area contributed by atoms with Gasteiger partial charge in [-0.3, -0.25) is 9.48 Å². The van der Waals surface area contributed by atoms with Crippen molar-refractivity contribution in [2.75, 3.05) is 0 Å². The Hall–Kier alpha value is -2.60. The number of rotatable bonds is 5. The SMILES string of the molecule is CCn1ncc(Cl)c1C(=O)NCc1c(C)nn(-c2ccccc2)c1C. The monoisotopic (exact) mass is 357 g/mol. The van der Waals surface area contributed by atoms with E-state index in [1.165, 1.54) is 6.20 Å². The molecule has 0 fully saturated rings. The molecule has 1 amide bonds. The summed E-state index contributed by atoms with van der Waals surface area (Å²) in [6.45, 7) is 6.82. The van der Waals surface area contributed by atoms with Gasteiger partial charge < -0.3 is 5.32 Å². The largest absolute Gasteiger partial charge is 0.346 e. The molecule has 2 aromatic heterocycles. The first-order valence-corrected chi connectivity index (χ1v) is 8.50. The summed E-state index contributed by atoms with van der Waals surface area (Å²) >= 11 is 6.09. The van der Waals surface area contributed by atoms with Crippen LogP contribution in [0.25, 0.3) is 5.69 Å². The van der Waals surface area contributed by atoms with Crippen molar-refractivity contribution in [3.05, 3.63) is 64.2 Å². The molecular weight excluding hydrogens is 338 g/mol. The zero-order valence-corrected chi connectivity index (χ0v) is 15.2. The summed E-state index contributed by atoms with van der Waals surface area (Å²) in [4.78, 5) is 12.5. The van der Waals surface area contributed by atoms with Crippen LogP contribution in [0, 0.1) is 13.8 Å². The third-order valence-electron chi connectivity index (χ3n) is 4.18. The molecule has 0 bridgehead atoms. The standard InChI is InChI=1S/C18H20ClN5O/c1-4-23-17(16(19)11-21-23)18(25)20-10-15-12(2)22-24(13(15)3)14-8-6-5-7-9-14/h5-9,11H,4,10H2,1-3H3,(H,20,25). The van der Waals surface area contributed by atoms with Crippen molar-refractivity contribution in [3.8, 4) is 5.69 Å². The molecular formula is C18H20ClN5O. The molecule has 0 radical (unpaired) electrons. The van der Waals surface area contributed by atoms with Gasteiger partial charge in [0, 0.05) is 24.3 Å². The topological polar surface area (TPSA) is 64.7 Å². The van der Waals surface area contributed by atoms with Gasteiger partial charge in [0.25, 0.3) is 5.91 Å². The third kappa shape index (κ3) is 3.30. The predicted molar refractivity (Wildman–Crippen MR) is 97.1 cm³/mol. The van der Waals surface area contributed by atoms with Crippen LogP contribution >= 0.6 is 11.6 Å². The van der Waals surface area contributed by atoms with E-state index in [-0.39, 0.29) is 5.91 Å². The van der Waals surface area contributed by atoms with E-state index < -0.39 is 0 Å². The van der Waals surface area contributed by atoms with Gasteiger partial charge in [0.2, 0.25) is 0 Å². The molecule has 6 nitrogen and oxygen atoms in total. The molecule has 0 spiro atoms. The van der Waals surface area contributed by atoms with E-state index in [0.29, 0.717) is 23.8 Å². The number of para-hydroxylation sites is 1. The highest BCUT2D eigenvalue weighted by Gasteiger charge is 2.18. The van der Waals surface area contributed by atoms with E-state index in [1.54, 1.807) is 4.68 Å². The molecule has 0 saturated heterocycles. The number of nitrogens with one attached hydrogen (secondary N) is 1. The van der Waals surface area contributed by atoms with Gasteiger partial charge in [0.15, 0.2) is 0 Å². The second-order valence-corrected chi connectivity index (χ2v) is 6.14. The van der Waals surface area contributed by atoms with Crippen LogP contribution in [0.15, 0.2) is 36.5 Å². The highest BCUT2D eigenvalue weighted by molar-refractivity contribution is 6.33. The molecule has 0 aliphatic rings. The molecule has 7 heteroatoms. The van der Waals surface area contributed by atoms with Crippen molar-refractivity contribution in [2.45, 2.75) is 33.9 Å². The lowest BCUT2D eigenvalue weighted by Gasteiger charge is -2.08. The third-order valence-corrected chi connectivity index (χ3v) is 4.45. The first-order valence-electron chi connectivity index (χ1n) is 8.13. The van der Waals surface area contributed by atoms with Crippen molar-refractivity contribution in [3.63, 3.8) is 0 Å². The molecule has 3 aromatic rings. The number of benzene rings is 1. The normalized spacial score (nSPS) is 10.9. The van der Waals surface area contributed by atoms with E-state index in [9.17, 15) is 4.79 Å². The number of carbonyl (C=O) groups is 1. The van der Waals surface area contributed by atoms with Gasteiger partial charge in [-0.15, -0.1) is 0 Å². The van der Waals surface area contributed by atoms with Crippen molar-refractivity contribution in [1.29, 1.82) is 0 Å². The Labute approximate surface area is 151 Å². The highest BCUT2D eigenvalue weighted by Crippen LogP contribution is 2.19. The number of halogens is 1. The highest BCUT2D eigenvalue weighted by atomic mass is 35.5. The molecule has 0 saturated carbocycles. The zero-order chi connectivity index (χ0) is 18.0. The first-order chi connectivity index (χ1) is 12.0. The van der Waals surface area contributed by atoms with Gasteiger partial charge in [-0.05, 0) is 32.9 Å². The Morgan fingerprint density at radius 2 is 1.96 bits per heavy atom. The Morgan fingerprint density at radius 1 is 1.24 bits per heavy atom. The molecule has 1 aromatic carbocycles. The quantitative estimate of drug-likeness (QED) is 0.762.